The lowest BCUT2D eigenvalue weighted by Crippen LogP contribution is -2.55. The van der Waals surface area contributed by atoms with Gasteiger partial charge in [0.1, 0.15) is 0 Å². The summed E-state index contributed by atoms with van der Waals surface area (Å²) < 4.78 is 12.1. The van der Waals surface area contributed by atoms with Gasteiger partial charge >= 0.3 is 0 Å². The quantitative estimate of drug-likeness (QED) is 0.792. The zero-order chi connectivity index (χ0) is 17.4. The minimum absolute atomic E-state index is 0.0991. The fourth-order valence-corrected chi connectivity index (χ4v) is 4.07. The molecule has 0 bridgehead atoms. The summed E-state index contributed by atoms with van der Waals surface area (Å²) in [5.74, 6) is 0.752. The Balaban J connectivity index is 1.48. The van der Waals surface area contributed by atoms with Crippen LogP contribution in [0, 0.1) is 17.3 Å². The smallest absolute Gasteiger partial charge is 0.227 e. The highest BCUT2D eigenvalue weighted by atomic mass is 16.7. The van der Waals surface area contributed by atoms with Gasteiger partial charge in [0.25, 0.3) is 0 Å². The number of amides is 1. The van der Waals surface area contributed by atoms with Gasteiger partial charge in [-0.2, -0.15) is 0 Å². The van der Waals surface area contributed by atoms with E-state index in [-0.39, 0.29) is 11.3 Å². The van der Waals surface area contributed by atoms with E-state index >= 15 is 0 Å². The first-order valence-corrected chi connectivity index (χ1v) is 9.58. The molecule has 0 aliphatic carbocycles. The highest BCUT2D eigenvalue weighted by molar-refractivity contribution is 5.79. The number of carbonyl (C=O) groups is 1. The van der Waals surface area contributed by atoms with Crippen molar-refractivity contribution in [3.8, 4) is 0 Å². The Hall–Kier alpha value is -0.650. The average Bonchev–Trinajstić information content (AvgIpc) is 2.98. The third-order valence-electron chi connectivity index (χ3n) is 5.53. The zero-order valence-corrected chi connectivity index (χ0v) is 15.8. The van der Waals surface area contributed by atoms with E-state index in [1.807, 2.05) is 4.90 Å². The van der Waals surface area contributed by atoms with Crippen LogP contribution in [0.4, 0.5) is 0 Å². The molecule has 1 atom stereocenters. The number of hydrogen-bond donors (Lipinski definition) is 0. The maximum absolute atomic E-state index is 12.8. The molecule has 5 nitrogen and oxygen atoms in total. The van der Waals surface area contributed by atoms with Crippen LogP contribution in [0.1, 0.15) is 47.0 Å². The molecule has 0 aromatic carbocycles. The molecule has 3 aliphatic heterocycles. The number of hydrogen-bond acceptors (Lipinski definition) is 4. The summed E-state index contributed by atoms with van der Waals surface area (Å²) in [6.07, 6.45) is 2.61. The molecule has 24 heavy (non-hydrogen) atoms. The molecule has 0 aromatic heterocycles. The Morgan fingerprint density at radius 2 is 1.75 bits per heavy atom. The van der Waals surface area contributed by atoms with Crippen LogP contribution in [-0.2, 0) is 14.3 Å². The third kappa shape index (κ3) is 4.12. The summed E-state index contributed by atoms with van der Waals surface area (Å²) in [5.41, 5.74) is 0.0991. The highest BCUT2D eigenvalue weighted by Gasteiger charge is 2.44. The fraction of sp³-hybridized carbons (Fsp3) is 0.947. The van der Waals surface area contributed by atoms with Gasteiger partial charge in [-0.05, 0) is 18.9 Å². The Kier molecular flexibility index (Phi) is 5.24. The number of likely N-dealkylation sites (tertiary alicyclic amines) is 2. The predicted molar refractivity (Wildman–Crippen MR) is 93.6 cm³/mol. The van der Waals surface area contributed by atoms with Crippen LogP contribution in [0.3, 0.4) is 0 Å². The molecular weight excluding hydrogens is 304 g/mol. The summed E-state index contributed by atoms with van der Waals surface area (Å²) in [5, 5.41) is 0. The first kappa shape index (κ1) is 18.2. The first-order chi connectivity index (χ1) is 11.3. The van der Waals surface area contributed by atoms with Gasteiger partial charge in [-0.15, -0.1) is 0 Å². The number of nitrogens with zero attached hydrogens (tertiary/aromatic N) is 2. The number of rotatable bonds is 3. The van der Waals surface area contributed by atoms with Crippen LogP contribution in [-0.4, -0.2) is 67.4 Å². The number of carbonyl (C=O) groups excluding carboxylic acids is 1. The maximum atomic E-state index is 12.8. The van der Waals surface area contributed by atoms with E-state index in [1.54, 1.807) is 0 Å². The summed E-state index contributed by atoms with van der Waals surface area (Å²) in [6.45, 7) is 14.9. The monoisotopic (exact) mass is 338 g/mol. The molecule has 3 saturated heterocycles. The van der Waals surface area contributed by atoms with E-state index in [9.17, 15) is 4.79 Å². The van der Waals surface area contributed by atoms with Crippen molar-refractivity contribution in [2.75, 3.05) is 45.9 Å². The van der Waals surface area contributed by atoms with Crippen LogP contribution >= 0.6 is 0 Å². The van der Waals surface area contributed by atoms with Crippen molar-refractivity contribution in [3.63, 3.8) is 0 Å². The van der Waals surface area contributed by atoms with Gasteiger partial charge in [0.2, 0.25) is 5.91 Å². The Labute approximate surface area is 146 Å². The average molecular weight is 338 g/mol. The lowest BCUT2D eigenvalue weighted by Gasteiger charge is -2.47. The maximum Gasteiger partial charge on any atom is 0.227 e. The Morgan fingerprint density at radius 1 is 1.12 bits per heavy atom. The SMILES string of the molecule is CC(C)CN1CCC(C(=O)N2CCC3(CC2)OCC(C)(C)CO3)C1. The molecule has 3 heterocycles. The molecule has 5 heteroatoms. The number of piperidine rings is 1. The summed E-state index contributed by atoms with van der Waals surface area (Å²) >= 11 is 0. The molecule has 3 fully saturated rings. The normalized spacial score (nSPS) is 30.2. The van der Waals surface area contributed by atoms with E-state index < -0.39 is 5.79 Å². The van der Waals surface area contributed by atoms with E-state index in [0.29, 0.717) is 11.8 Å². The van der Waals surface area contributed by atoms with E-state index in [0.717, 1.165) is 65.2 Å². The topological polar surface area (TPSA) is 42.0 Å². The molecule has 0 radical (unpaired) electrons. The van der Waals surface area contributed by atoms with Gasteiger partial charge in [0.15, 0.2) is 5.79 Å². The molecule has 0 aromatic rings. The van der Waals surface area contributed by atoms with Gasteiger partial charge in [-0.25, -0.2) is 0 Å². The van der Waals surface area contributed by atoms with Crippen molar-refractivity contribution < 1.29 is 14.3 Å². The molecule has 1 spiro atoms. The molecule has 0 saturated carbocycles. The lowest BCUT2D eigenvalue weighted by molar-refractivity contribution is -0.312. The van der Waals surface area contributed by atoms with Crippen molar-refractivity contribution in [1.29, 1.82) is 0 Å². The van der Waals surface area contributed by atoms with Crippen molar-refractivity contribution in [3.05, 3.63) is 0 Å². The van der Waals surface area contributed by atoms with Gasteiger partial charge in [-0.1, -0.05) is 27.7 Å². The predicted octanol–water partition coefficient (Wildman–Crippen LogP) is 2.36. The summed E-state index contributed by atoms with van der Waals surface area (Å²) in [7, 11) is 0. The minimum atomic E-state index is -0.439. The van der Waals surface area contributed by atoms with Crippen LogP contribution in [0.15, 0.2) is 0 Å². The van der Waals surface area contributed by atoms with Crippen LogP contribution < -0.4 is 0 Å². The van der Waals surface area contributed by atoms with Crippen LogP contribution in [0.5, 0.6) is 0 Å². The Bertz CT molecular complexity index is 444. The molecule has 0 N–H and O–H groups in total. The van der Waals surface area contributed by atoms with Crippen molar-refractivity contribution in [1.82, 2.24) is 9.80 Å². The van der Waals surface area contributed by atoms with E-state index in [4.69, 9.17) is 9.47 Å². The summed E-state index contributed by atoms with van der Waals surface area (Å²) in [6, 6.07) is 0. The van der Waals surface area contributed by atoms with E-state index in [1.165, 1.54) is 0 Å². The first-order valence-electron chi connectivity index (χ1n) is 9.58. The fourth-order valence-electron chi connectivity index (χ4n) is 4.07. The standard InChI is InChI=1S/C19H34N2O3/c1-15(2)11-20-8-5-16(12-20)17(22)21-9-6-19(7-10-21)23-13-18(3,4)14-24-19/h15-16H,5-14H2,1-4H3. The van der Waals surface area contributed by atoms with Gasteiger partial charge in [-0.3, -0.25) is 4.79 Å². The molecular formula is C19H34N2O3. The molecule has 3 rings (SSSR count). The van der Waals surface area contributed by atoms with Crippen LogP contribution in [0.25, 0.3) is 0 Å². The zero-order valence-electron chi connectivity index (χ0n) is 15.8. The van der Waals surface area contributed by atoms with Crippen molar-refractivity contribution in [2.24, 2.45) is 17.3 Å². The third-order valence-corrected chi connectivity index (χ3v) is 5.53. The van der Waals surface area contributed by atoms with Crippen molar-refractivity contribution >= 4 is 5.91 Å². The van der Waals surface area contributed by atoms with Crippen LogP contribution in [0.2, 0.25) is 0 Å². The summed E-state index contributed by atoms with van der Waals surface area (Å²) in [4.78, 5) is 17.3. The number of ether oxygens (including phenoxy) is 2. The lowest BCUT2D eigenvalue weighted by atomic mass is 9.92. The molecule has 3 aliphatic rings. The van der Waals surface area contributed by atoms with Crippen molar-refractivity contribution in [2.45, 2.75) is 52.7 Å². The van der Waals surface area contributed by atoms with Gasteiger partial charge < -0.3 is 19.3 Å². The van der Waals surface area contributed by atoms with Gasteiger partial charge in [0, 0.05) is 44.4 Å². The largest absolute Gasteiger partial charge is 0.349 e. The Morgan fingerprint density at radius 3 is 2.33 bits per heavy atom. The van der Waals surface area contributed by atoms with E-state index in [2.05, 4.69) is 32.6 Å². The molecule has 1 unspecified atom stereocenters. The molecule has 1 amide bonds. The second-order valence-electron chi connectivity index (χ2n) is 9.12. The highest BCUT2D eigenvalue weighted by Crippen LogP contribution is 2.36. The minimum Gasteiger partial charge on any atom is -0.349 e. The second-order valence-corrected chi connectivity index (χ2v) is 9.12. The molecule has 138 valence electrons. The second kappa shape index (κ2) is 6.93. The van der Waals surface area contributed by atoms with Gasteiger partial charge in [0.05, 0.1) is 19.1 Å².